The van der Waals surface area contributed by atoms with Gasteiger partial charge in [0.1, 0.15) is 0 Å². The van der Waals surface area contributed by atoms with Crippen molar-refractivity contribution >= 4 is 6.03 Å². The molecule has 1 aliphatic rings. The fourth-order valence-corrected chi connectivity index (χ4v) is 3.06. The maximum atomic E-state index is 13.1. The molecule has 1 saturated heterocycles. The molecule has 1 aromatic heterocycles. The van der Waals surface area contributed by atoms with Gasteiger partial charge >= 0.3 is 12.2 Å². The van der Waals surface area contributed by atoms with E-state index in [2.05, 4.69) is 10.3 Å². The summed E-state index contributed by atoms with van der Waals surface area (Å²) in [5.74, 6) is -0.916. The number of alkyl halides is 3. The number of carbonyl (C=O) groups excluding carboxylic acids is 1. The summed E-state index contributed by atoms with van der Waals surface area (Å²) in [5.41, 5.74) is -0.219. The Balaban J connectivity index is 1.91. The number of nitrogens with one attached hydrogen (secondary N) is 1. The highest BCUT2D eigenvalue weighted by atomic mass is 19.4. The molecule has 5 nitrogen and oxygen atoms in total. The molecule has 1 aliphatic heterocycles. The average Bonchev–Trinajstić information content (AvgIpc) is 2.50. The second-order valence-corrected chi connectivity index (χ2v) is 6.66. The van der Waals surface area contributed by atoms with Gasteiger partial charge in [0.2, 0.25) is 5.88 Å². The largest absolute Gasteiger partial charge is 0.481 e. The number of piperidine rings is 1. The Bertz CT molecular complexity index is 573. The predicted molar refractivity (Wildman–Crippen MR) is 82.5 cm³/mol. The Kier molecular flexibility index (Phi) is 5.25. The van der Waals surface area contributed by atoms with Crippen LogP contribution in [0.15, 0.2) is 18.3 Å². The number of methoxy groups -OCH3 is 1. The summed E-state index contributed by atoms with van der Waals surface area (Å²) in [7, 11) is 1.51. The van der Waals surface area contributed by atoms with Crippen molar-refractivity contribution in [3.63, 3.8) is 0 Å². The first-order valence-electron chi connectivity index (χ1n) is 7.72. The lowest BCUT2D eigenvalue weighted by Gasteiger charge is -2.44. The first kappa shape index (κ1) is 18.4. The zero-order valence-corrected chi connectivity index (χ0v) is 14.0. The van der Waals surface area contributed by atoms with Gasteiger partial charge in [-0.1, -0.05) is 19.9 Å². The maximum Gasteiger partial charge on any atom is 0.392 e. The molecule has 0 saturated carbocycles. The Morgan fingerprint density at radius 2 is 2.17 bits per heavy atom. The first-order valence-corrected chi connectivity index (χ1v) is 7.72. The molecule has 1 N–H and O–H groups in total. The van der Waals surface area contributed by atoms with Gasteiger partial charge in [-0.2, -0.15) is 13.2 Å². The van der Waals surface area contributed by atoms with Crippen molar-refractivity contribution in [2.24, 2.45) is 11.3 Å². The lowest BCUT2D eigenvalue weighted by Crippen LogP contribution is -2.54. The van der Waals surface area contributed by atoms with Crippen molar-refractivity contribution in [1.29, 1.82) is 0 Å². The molecule has 24 heavy (non-hydrogen) atoms. The van der Waals surface area contributed by atoms with E-state index in [1.165, 1.54) is 12.0 Å². The molecular weight excluding hydrogens is 323 g/mol. The molecule has 0 spiro atoms. The SMILES string of the molecule is COc1ccc(CNC(=O)N2CC[C@H](C(F)(F)F)C(C)(C)C2)cn1. The molecule has 1 fully saturated rings. The number of nitrogens with zero attached hydrogens (tertiary/aromatic N) is 2. The highest BCUT2D eigenvalue weighted by Gasteiger charge is 2.51. The van der Waals surface area contributed by atoms with E-state index in [4.69, 9.17) is 4.74 Å². The highest BCUT2D eigenvalue weighted by molar-refractivity contribution is 5.74. The Morgan fingerprint density at radius 3 is 2.67 bits per heavy atom. The van der Waals surface area contributed by atoms with Crippen molar-refractivity contribution in [1.82, 2.24) is 15.2 Å². The van der Waals surface area contributed by atoms with Crippen molar-refractivity contribution in [2.75, 3.05) is 20.2 Å². The van der Waals surface area contributed by atoms with E-state index in [1.807, 2.05) is 0 Å². The predicted octanol–water partition coefficient (Wildman–Crippen LogP) is 3.21. The standard InChI is InChI=1S/C16H22F3N3O2/c1-15(2)10-22(7-6-12(15)16(17,18)19)14(23)21-9-11-4-5-13(24-3)20-8-11/h4-5,8,12H,6-7,9-10H2,1-3H3,(H,21,23)/t12-/m0/s1. The van der Waals surface area contributed by atoms with Gasteiger partial charge in [-0.25, -0.2) is 9.78 Å². The second-order valence-electron chi connectivity index (χ2n) is 6.66. The van der Waals surface area contributed by atoms with Gasteiger partial charge in [-0.3, -0.25) is 0 Å². The Hall–Kier alpha value is -1.99. The molecule has 0 radical (unpaired) electrons. The van der Waals surface area contributed by atoms with Crippen molar-refractivity contribution in [2.45, 2.75) is 33.0 Å². The number of urea groups is 1. The smallest absolute Gasteiger partial charge is 0.392 e. The lowest BCUT2D eigenvalue weighted by molar-refractivity contribution is -0.214. The molecule has 0 aliphatic carbocycles. The monoisotopic (exact) mass is 345 g/mol. The van der Waals surface area contributed by atoms with Gasteiger partial charge in [-0.15, -0.1) is 0 Å². The summed E-state index contributed by atoms with van der Waals surface area (Å²) >= 11 is 0. The number of carbonyl (C=O) groups is 1. The molecule has 0 unspecified atom stereocenters. The number of hydrogen-bond donors (Lipinski definition) is 1. The molecule has 8 heteroatoms. The average molecular weight is 345 g/mol. The fraction of sp³-hybridized carbons (Fsp3) is 0.625. The molecule has 0 aromatic carbocycles. The maximum absolute atomic E-state index is 13.1. The van der Waals surface area contributed by atoms with Gasteiger partial charge in [0.15, 0.2) is 0 Å². The van der Waals surface area contributed by atoms with Crippen LogP contribution in [0.3, 0.4) is 0 Å². The summed E-state index contributed by atoms with van der Waals surface area (Å²) in [6.07, 6.45) is -2.73. The number of halogens is 3. The number of pyridine rings is 1. The van der Waals surface area contributed by atoms with E-state index in [0.29, 0.717) is 5.88 Å². The van der Waals surface area contributed by atoms with Crippen molar-refractivity contribution < 1.29 is 22.7 Å². The Labute approximate surface area is 139 Å². The van der Waals surface area contributed by atoms with E-state index in [-0.39, 0.29) is 32.1 Å². The normalized spacial score (nSPS) is 20.6. The van der Waals surface area contributed by atoms with Gasteiger partial charge in [-0.05, 0) is 17.4 Å². The van der Waals surface area contributed by atoms with Gasteiger partial charge in [0.05, 0.1) is 13.0 Å². The van der Waals surface area contributed by atoms with Gasteiger partial charge in [0.25, 0.3) is 0 Å². The van der Waals surface area contributed by atoms with Crippen molar-refractivity contribution in [3.8, 4) is 5.88 Å². The van der Waals surface area contributed by atoms with E-state index in [1.54, 1.807) is 32.2 Å². The minimum Gasteiger partial charge on any atom is -0.481 e. The lowest BCUT2D eigenvalue weighted by atomic mass is 9.73. The third-order valence-electron chi connectivity index (χ3n) is 4.36. The topological polar surface area (TPSA) is 54.5 Å². The fourth-order valence-electron chi connectivity index (χ4n) is 3.06. The van der Waals surface area contributed by atoms with E-state index in [9.17, 15) is 18.0 Å². The molecule has 134 valence electrons. The highest BCUT2D eigenvalue weighted by Crippen LogP contribution is 2.44. The van der Waals surface area contributed by atoms with Crippen LogP contribution in [0.5, 0.6) is 5.88 Å². The number of aromatic nitrogens is 1. The number of hydrogen-bond acceptors (Lipinski definition) is 3. The van der Waals surface area contributed by atoms with Crippen LogP contribution in [0, 0.1) is 11.3 Å². The third kappa shape index (κ3) is 4.30. The van der Waals surface area contributed by atoms with Crippen LogP contribution in [-0.4, -0.2) is 42.3 Å². The number of likely N-dealkylation sites (tertiary alicyclic amines) is 1. The van der Waals surface area contributed by atoms with E-state index in [0.717, 1.165) is 5.56 Å². The zero-order valence-electron chi connectivity index (χ0n) is 14.0. The minimum atomic E-state index is -4.24. The molecule has 2 rings (SSSR count). The van der Waals surface area contributed by atoms with Crippen LogP contribution < -0.4 is 10.1 Å². The summed E-state index contributed by atoms with van der Waals surface area (Å²) in [6, 6.07) is 3.09. The summed E-state index contributed by atoms with van der Waals surface area (Å²) in [4.78, 5) is 17.7. The second kappa shape index (κ2) is 6.86. The van der Waals surface area contributed by atoms with Crippen LogP contribution >= 0.6 is 0 Å². The molecule has 1 aromatic rings. The minimum absolute atomic E-state index is 0.0733. The molecule has 2 amide bonds. The molecule has 0 bridgehead atoms. The summed E-state index contributed by atoms with van der Waals surface area (Å²) in [6.45, 7) is 3.54. The van der Waals surface area contributed by atoms with Gasteiger partial charge < -0.3 is 15.0 Å². The quantitative estimate of drug-likeness (QED) is 0.915. The molecular formula is C16H22F3N3O2. The molecule has 1 atom stereocenters. The van der Waals surface area contributed by atoms with Crippen LogP contribution in [0.25, 0.3) is 0 Å². The van der Waals surface area contributed by atoms with Crippen molar-refractivity contribution in [3.05, 3.63) is 23.9 Å². The first-order chi connectivity index (χ1) is 11.1. The van der Waals surface area contributed by atoms with Crippen LogP contribution in [0.2, 0.25) is 0 Å². The third-order valence-corrected chi connectivity index (χ3v) is 4.36. The summed E-state index contributed by atoms with van der Waals surface area (Å²) in [5, 5.41) is 2.72. The number of ether oxygens (including phenoxy) is 1. The van der Waals surface area contributed by atoms with E-state index < -0.39 is 17.5 Å². The van der Waals surface area contributed by atoms with E-state index >= 15 is 0 Å². The molecule has 2 heterocycles. The van der Waals surface area contributed by atoms with Gasteiger partial charge in [0, 0.05) is 31.9 Å². The number of rotatable bonds is 3. The Morgan fingerprint density at radius 1 is 1.46 bits per heavy atom. The van der Waals surface area contributed by atoms with Crippen LogP contribution in [-0.2, 0) is 6.54 Å². The van der Waals surface area contributed by atoms with Crippen LogP contribution in [0.1, 0.15) is 25.8 Å². The zero-order chi connectivity index (χ0) is 18.0. The summed E-state index contributed by atoms with van der Waals surface area (Å²) < 4.78 is 44.1. The number of amides is 2. The van der Waals surface area contributed by atoms with Crippen LogP contribution in [0.4, 0.5) is 18.0 Å².